The first kappa shape index (κ1) is 85.7. The summed E-state index contributed by atoms with van der Waals surface area (Å²) in [6.45, 7) is 53.1. The van der Waals surface area contributed by atoms with Crippen molar-refractivity contribution in [1.82, 2.24) is 9.55 Å². The van der Waals surface area contributed by atoms with Crippen molar-refractivity contribution in [3.63, 3.8) is 0 Å². The number of fused-ring (bicyclic) bond motifs is 1. The quantitative estimate of drug-likeness (QED) is 0.125. The molecule has 0 aliphatic heterocycles. The fourth-order valence-electron chi connectivity index (χ4n) is 10.2. The van der Waals surface area contributed by atoms with E-state index >= 15 is 0 Å². The monoisotopic (exact) mass is 1190 g/mol. The van der Waals surface area contributed by atoms with Crippen LogP contribution in [0.2, 0.25) is 0 Å². The molecule has 0 unspecified atom stereocenters. The second kappa shape index (κ2) is 40.2. The molecule has 5 aromatic rings. The molecule has 0 saturated heterocycles. The van der Waals surface area contributed by atoms with Crippen LogP contribution in [0.3, 0.4) is 0 Å². The van der Waals surface area contributed by atoms with Gasteiger partial charge in [-0.3, -0.25) is 9.78 Å². The minimum atomic E-state index is 0. The van der Waals surface area contributed by atoms with Crippen molar-refractivity contribution < 1.29 is 0 Å². The molecule has 2 aromatic heterocycles. The Labute approximate surface area is 540 Å². The molecule has 0 atom stereocenters. The van der Waals surface area contributed by atoms with Gasteiger partial charge in [-0.25, -0.2) is 0 Å². The third-order valence-corrected chi connectivity index (χ3v) is 16.6. The third kappa shape index (κ3) is 26.2. The van der Waals surface area contributed by atoms with E-state index in [4.69, 9.17) is 0 Å². The fraction of sp³-hybridized carbons (Fsp3) is 0.548. The van der Waals surface area contributed by atoms with Crippen LogP contribution in [0.25, 0.3) is 10.8 Å². The van der Waals surface area contributed by atoms with Gasteiger partial charge in [-0.1, -0.05) is 316 Å². The zero-order valence-corrected chi connectivity index (χ0v) is 55.6. The largest absolute Gasteiger partial charge is 0.313 e. The van der Waals surface area contributed by atoms with Gasteiger partial charge in [-0.15, -0.1) is 0 Å². The van der Waals surface area contributed by atoms with Gasteiger partial charge < -0.3 is 4.57 Å². The smallest absolute Gasteiger partial charge is 0.251 e. The van der Waals surface area contributed by atoms with E-state index in [-0.39, 0.29) is 56.2 Å². The van der Waals surface area contributed by atoms with Crippen LogP contribution in [0.15, 0.2) is 171 Å². The van der Waals surface area contributed by atoms with Gasteiger partial charge in [0, 0.05) is 30.2 Å². The van der Waals surface area contributed by atoms with Crippen LogP contribution < -0.4 is 5.56 Å². The van der Waals surface area contributed by atoms with E-state index in [0.29, 0.717) is 41.4 Å². The molecular formula is C84H136N2O. The van der Waals surface area contributed by atoms with Crippen molar-refractivity contribution in [1.29, 1.82) is 0 Å². The van der Waals surface area contributed by atoms with E-state index in [9.17, 15) is 4.79 Å². The number of aromatic nitrogens is 2. The molecule has 87 heavy (non-hydrogen) atoms. The lowest BCUT2D eigenvalue weighted by Crippen LogP contribution is -2.20. The average Bonchev–Trinajstić information content (AvgIpc) is 2.01. The molecule has 3 heteroatoms. The Morgan fingerprint density at radius 3 is 0.931 bits per heavy atom. The molecule has 3 aromatic carbocycles. The van der Waals surface area contributed by atoms with E-state index in [1.165, 1.54) is 75.5 Å². The van der Waals surface area contributed by atoms with E-state index in [1.54, 1.807) is 49.6 Å². The van der Waals surface area contributed by atoms with E-state index < -0.39 is 0 Å². The molecule has 0 N–H and O–H groups in total. The molecule has 488 valence electrons. The molecule has 0 spiro atoms. The number of hydrogen-bond acceptors (Lipinski definition) is 2. The van der Waals surface area contributed by atoms with Crippen molar-refractivity contribution in [3.05, 3.63) is 216 Å². The highest BCUT2D eigenvalue weighted by atomic mass is 16.1. The van der Waals surface area contributed by atoms with Crippen LogP contribution in [-0.2, 0) is 0 Å². The Kier molecular flexibility index (Phi) is 39.6. The maximum Gasteiger partial charge on any atom is 0.251 e. The van der Waals surface area contributed by atoms with E-state index in [1.807, 2.05) is 32.3 Å². The van der Waals surface area contributed by atoms with Gasteiger partial charge in [0.25, 0.3) is 5.56 Å². The summed E-state index contributed by atoms with van der Waals surface area (Å²) in [6.07, 6.45) is 18.5. The molecule has 9 rings (SSSR count). The molecule has 0 amide bonds. The molecule has 4 aliphatic rings. The summed E-state index contributed by atoms with van der Waals surface area (Å²) in [7, 11) is 0. The fourth-order valence-corrected chi connectivity index (χ4v) is 10.2. The zero-order chi connectivity index (χ0) is 60.6. The molecular weight excluding hydrogens is 1050 g/mol. The predicted octanol–water partition coefficient (Wildman–Crippen LogP) is 27.2. The first-order valence-corrected chi connectivity index (χ1v) is 31.5. The van der Waals surface area contributed by atoms with Crippen molar-refractivity contribution >= 4 is 10.8 Å². The number of rotatable bonds is 12. The van der Waals surface area contributed by atoms with E-state index in [2.05, 4.69) is 254 Å². The zero-order valence-electron chi connectivity index (χ0n) is 55.6. The van der Waals surface area contributed by atoms with Crippen LogP contribution in [0.5, 0.6) is 0 Å². The summed E-state index contributed by atoms with van der Waals surface area (Å²) in [5.74, 6) is 6.92. The van der Waals surface area contributed by atoms with Gasteiger partial charge in [0.15, 0.2) is 0 Å². The number of allylic oxidation sites excluding steroid dienone is 12. The standard InChI is InChI=1S/C16H20.2C14H20.C12H18.C11H17NO.C11H17N.6CH4/c1-11(2)13-5-7-16-10-14(12(3)4)6-8-15(16)9-13;2*1-9(2)11-5-13-7-12(10(3)4)8-14(13)6-11;1-9(2)11-5-7-12(8-6-11)10(3)4;1-8(2)10-5-6-12(9(3)4)11(13)7-10;1-8(2)10-5-6-11(9(3)4)12-7-10;;;;;;/h5-12H,1-4H3;5,8-10H,6-7H2,1-4H3;5,7,9-10H,6,8H2,1-4H3;5-10H,1-4H3;5-9H,1-4H3;5-9H,1-4H3;6*1H4. The summed E-state index contributed by atoms with van der Waals surface area (Å²) in [4.78, 5) is 15.9. The second-order valence-electron chi connectivity index (χ2n) is 27.2. The van der Waals surface area contributed by atoms with Crippen LogP contribution in [0.4, 0.5) is 0 Å². The maximum atomic E-state index is 11.5. The third-order valence-electron chi connectivity index (χ3n) is 16.6. The molecule has 4 aliphatic carbocycles. The van der Waals surface area contributed by atoms with Gasteiger partial charge in [-0.05, 0) is 178 Å². The Morgan fingerprint density at radius 2 is 0.655 bits per heavy atom. The van der Waals surface area contributed by atoms with Gasteiger partial charge in [0.2, 0.25) is 0 Å². The predicted molar refractivity (Wildman–Crippen MR) is 399 cm³/mol. The summed E-state index contributed by atoms with van der Waals surface area (Å²) in [6, 6.07) is 30.8. The van der Waals surface area contributed by atoms with Crippen LogP contribution in [0, 0.1) is 23.7 Å². The number of hydrogen-bond donors (Lipinski definition) is 0. The van der Waals surface area contributed by atoms with Gasteiger partial charge in [0.05, 0.1) is 0 Å². The lowest BCUT2D eigenvalue weighted by atomic mass is 9.95. The Balaban J connectivity index is -0.000000963. The molecule has 0 bridgehead atoms. The highest BCUT2D eigenvalue weighted by Crippen LogP contribution is 2.42. The Morgan fingerprint density at radius 1 is 0.333 bits per heavy atom. The summed E-state index contributed by atoms with van der Waals surface area (Å²) in [5.41, 5.74) is 22.3. The highest BCUT2D eigenvalue weighted by Gasteiger charge is 2.24. The van der Waals surface area contributed by atoms with Crippen molar-refractivity contribution in [2.75, 3.05) is 0 Å². The van der Waals surface area contributed by atoms with Crippen molar-refractivity contribution in [3.8, 4) is 0 Å². The average molecular weight is 1190 g/mol. The molecule has 2 heterocycles. The first-order chi connectivity index (χ1) is 38.0. The number of nitrogens with zero attached hydrogens (tertiary/aromatic N) is 2. The van der Waals surface area contributed by atoms with Crippen LogP contribution >= 0.6 is 0 Å². The SMILES string of the molecule is C.C.C.C.C.C.CC(C)C1=CC2=C(C1)CC(C(C)C)=C2.CC(C)C1=CC2=C(C=C(C(C)C)C2)C1.CC(C)c1ccc(C(C)C)cc1.CC(C)c1ccc(C(C)C)nc1.CC(C)c1ccc2cc(C(C)C)ccc2c1.CC(C)c1ccn(C(C)C)c(=O)c1. The van der Waals surface area contributed by atoms with Crippen LogP contribution in [-0.4, -0.2) is 9.55 Å². The normalized spacial score (nSPS) is 13.6. The lowest BCUT2D eigenvalue weighted by Gasteiger charge is -2.11. The van der Waals surface area contributed by atoms with E-state index in [0.717, 1.165) is 29.2 Å². The van der Waals surface area contributed by atoms with Crippen molar-refractivity contribution in [2.45, 2.75) is 284 Å². The van der Waals surface area contributed by atoms with Gasteiger partial charge in [-0.2, -0.15) is 0 Å². The molecule has 0 fully saturated rings. The Bertz CT molecular complexity index is 2810. The maximum absolute atomic E-state index is 11.5. The Hall–Kier alpha value is -5.54. The minimum absolute atomic E-state index is 0. The molecule has 0 saturated carbocycles. The molecule has 0 radical (unpaired) electrons. The molecule has 3 nitrogen and oxygen atoms in total. The number of pyridine rings is 2. The second-order valence-corrected chi connectivity index (χ2v) is 27.2. The van der Waals surface area contributed by atoms with Crippen molar-refractivity contribution in [2.24, 2.45) is 23.7 Å². The topological polar surface area (TPSA) is 34.9 Å². The summed E-state index contributed by atoms with van der Waals surface area (Å²) in [5, 5.41) is 2.71. The highest BCUT2D eigenvalue weighted by molar-refractivity contribution is 5.84. The summed E-state index contributed by atoms with van der Waals surface area (Å²) >= 11 is 0. The first-order valence-electron chi connectivity index (χ1n) is 31.5. The van der Waals surface area contributed by atoms with Crippen LogP contribution in [0.1, 0.15) is 323 Å². The van der Waals surface area contributed by atoms with Gasteiger partial charge >= 0.3 is 0 Å². The van der Waals surface area contributed by atoms with Gasteiger partial charge in [0.1, 0.15) is 0 Å². The summed E-state index contributed by atoms with van der Waals surface area (Å²) < 4.78 is 1.74. The minimum Gasteiger partial charge on any atom is -0.313 e. The lowest BCUT2D eigenvalue weighted by molar-refractivity contribution is 0.575. The number of benzene rings is 3.